The van der Waals surface area contributed by atoms with Gasteiger partial charge in [0.05, 0.1) is 10.6 Å². The summed E-state index contributed by atoms with van der Waals surface area (Å²) < 4.78 is 35.7. The lowest BCUT2D eigenvalue weighted by Crippen LogP contribution is -2.26. The first-order chi connectivity index (χ1) is 10.1. The lowest BCUT2D eigenvalue weighted by Gasteiger charge is -2.19. The minimum Gasteiger partial charge on any atom is -0.486 e. The molecule has 0 spiro atoms. The fourth-order valence-corrected chi connectivity index (χ4v) is 4.48. The Morgan fingerprint density at radius 3 is 2.62 bits per heavy atom. The molecule has 1 saturated carbocycles. The maximum atomic E-state index is 12.4. The van der Waals surface area contributed by atoms with Crippen LogP contribution < -0.4 is 15.2 Å². The Bertz CT molecular complexity index is 614. The highest BCUT2D eigenvalue weighted by Gasteiger charge is 2.27. The molecule has 2 unspecified atom stereocenters. The van der Waals surface area contributed by atoms with Crippen LogP contribution in [0.4, 0.5) is 0 Å². The Morgan fingerprint density at radius 2 is 1.90 bits per heavy atom. The Kier molecular flexibility index (Phi) is 4.08. The first-order valence-electron chi connectivity index (χ1n) is 7.44. The summed E-state index contributed by atoms with van der Waals surface area (Å²) in [5, 5.41) is 0. The van der Waals surface area contributed by atoms with Gasteiger partial charge in [0, 0.05) is 12.1 Å². The molecule has 0 amide bonds. The monoisotopic (exact) mass is 311 g/mol. The van der Waals surface area contributed by atoms with Crippen molar-refractivity contribution >= 4 is 9.84 Å². The van der Waals surface area contributed by atoms with Crippen molar-refractivity contribution in [2.45, 2.75) is 36.6 Å². The molecule has 21 heavy (non-hydrogen) atoms. The summed E-state index contributed by atoms with van der Waals surface area (Å²) in [5.41, 5.74) is 6.01. The van der Waals surface area contributed by atoms with Gasteiger partial charge in [0.15, 0.2) is 21.3 Å². The molecule has 116 valence electrons. The van der Waals surface area contributed by atoms with Crippen molar-refractivity contribution < 1.29 is 17.9 Å². The van der Waals surface area contributed by atoms with Gasteiger partial charge in [0.25, 0.3) is 0 Å². The van der Waals surface area contributed by atoms with Gasteiger partial charge < -0.3 is 15.2 Å². The van der Waals surface area contributed by atoms with Gasteiger partial charge in [0.1, 0.15) is 13.2 Å². The first-order valence-corrected chi connectivity index (χ1v) is 9.09. The van der Waals surface area contributed by atoms with E-state index in [4.69, 9.17) is 15.2 Å². The van der Waals surface area contributed by atoms with Crippen LogP contribution in [-0.4, -0.2) is 33.4 Å². The molecule has 5 nitrogen and oxygen atoms in total. The van der Waals surface area contributed by atoms with Gasteiger partial charge in [-0.1, -0.05) is 6.42 Å². The number of ether oxygens (including phenoxy) is 2. The van der Waals surface area contributed by atoms with E-state index in [9.17, 15) is 8.42 Å². The van der Waals surface area contributed by atoms with Crippen LogP contribution in [0, 0.1) is 5.92 Å². The minimum atomic E-state index is -3.30. The van der Waals surface area contributed by atoms with Crippen molar-refractivity contribution in [3.8, 4) is 11.5 Å². The van der Waals surface area contributed by atoms with Crippen LogP contribution in [0.3, 0.4) is 0 Å². The largest absolute Gasteiger partial charge is 0.486 e. The molecule has 6 heteroatoms. The molecule has 1 fully saturated rings. The molecule has 1 heterocycles. The fourth-order valence-electron chi connectivity index (χ4n) is 3.07. The molecule has 3 rings (SSSR count). The zero-order valence-electron chi connectivity index (χ0n) is 12.0. The first kappa shape index (κ1) is 14.7. The second-order valence-electron chi connectivity index (χ2n) is 5.77. The number of rotatable bonds is 4. The number of benzene rings is 1. The van der Waals surface area contributed by atoms with E-state index in [0.717, 1.165) is 19.3 Å². The molecule has 1 aromatic carbocycles. The van der Waals surface area contributed by atoms with Gasteiger partial charge in [-0.3, -0.25) is 0 Å². The van der Waals surface area contributed by atoms with E-state index >= 15 is 0 Å². The second kappa shape index (κ2) is 5.85. The van der Waals surface area contributed by atoms with Gasteiger partial charge in [-0.25, -0.2) is 8.42 Å². The van der Waals surface area contributed by atoms with Crippen LogP contribution in [0.25, 0.3) is 0 Å². The number of hydrogen-bond donors (Lipinski definition) is 1. The van der Waals surface area contributed by atoms with Crippen molar-refractivity contribution in [2.75, 3.05) is 19.0 Å². The summed E-state index contributed by atoms with van der Waals surface area (Å²) >= 11 is 0. The topological polar surface area (TPSA) is 78.6 Å². The minimum absolute atomic E-state index is 0.144. The van der Waals surface area contributed by atoms with Crippen LogP contribution in [0.15, 0.2) is 23.1 Å². The third-order valence-electron chi connectivity index (χ3n) is 4.35. The predicted molar refractivity (Wildman–Crippen MR) is 79.4 cm³/mol. The van der Waals surface area contributed by atoms with Gasteiger partial charge in [-0.15, -0.1) is 0 Å². The molecule has 1 aliphatic carbocycles. The summed E-state index contributed by atoms with van der Waals surface area (Å²) in [6, 6.07) is 4.99. The molecule has 0 saturated heterocycles. The van der Waals surface area contributed by atoms with Crippen molar-refractivity contribution in [2.24, 2.45) is 11.7 Å². The standard InChI is InChI=1S/C15H21NO4S/c16-13-3-1-2-11(13)6-9-21(17,18)12-4-5-14-15(10-12)20-8-7-19-14/h4-5,10-11,13H,1-3,6-9,16H2. The number of hydrogen-bond acceptors (Lipinski definition) is 5. The summed E-state index contributed by atoms with van der Waals surface area (Å²) in [7, 11) is -3.30. The van der Waals surface area contributed by atoms with Crippen molar-refractivity contribution in [1.82, 2.24) is 0 Å². The highest BCUT2D eigenvalue weighted by Crippen LogP contribution is 2.33. The zero-order chi connectivity index (χ0) is 14.9. The molecule has 1 aromatic rings. The number of sulfone groups is 1. The smallest absolute Gasteiger partial charge is 0.178 e. The average Bonchev–Trinajstić information content (AvgIpc) is 2.90. The summed E-state index contributed by atoms with van der Waals surface area (Å²) in [5.74, 6) is 1.60. The Labute approximate surface area is 125 Å². The van der Waals surface area contributed by atoms with Crippen LogP contribution in [0.2, 0.25) is 0 Å². The van der Waals surface area contributed by atoms with Crippen LogP contribution in [0.1, 0.15) is 25.7 Å². The third-order valence-corrected chi connectivity index (χ3v) is 6.09. The van der Waals surface area contributed by atoms with Crippen molar-refractivity contribution in [3.63, 3.8) is 0 Å². The molecule has 2 N–H and O–H groups in total. The lowest BCUT2D eigenvalue weighted by atomic mass is 10.0. The highest BCUT2D eigenvalue weighted by molar-refractivity contribution is 7.91. The average molecular weight is 311 g/mol. The van der Waals surface area contributed by atoms with E-state index in [1.54, 1.807) is 18.2 Å². The van der Waals surface area contributed by atoms with Crippen molar-refractivity contribution in [1.29, 1.82) is 0 Å². The molecule has 2 aliphatic rings. The molecule has 0 radical (unpaired) electrons. The highest BCUT2D eigenvalue weighted by atomic mass is 32.2. The van der Waals surface area contributed by atoms with Gasteiger partial charge >= 0.3 is 0 Å². The maximum Gasteiger partial charge on any atom is 0.178 e. The lowest BCUT2D eigenvalue weighted by molar-refractivity contribution is 0.171. The van der Waals surface area contributed by atoms with E-state index in [2.05, 4.69) is 0 Å². The second-order valence-corrected chi connectivity index (χ2v) is 7.88. The molecule has 0 bridgehead atoms. The van der Waals surface area contributed by atoms with E-state index in [1.165, 1.54) is 0 Å². The van der Waals surface area contributed by atoms with E-state index in [0.29, 0.717) is 41.9 Å². The summed E-state index contributed by atoms with van der Waals surface area (Å²) in [6.45, 7) is 0.950. The maximum absolute atomic E-state index is 12.4. The quantitative estimate of drug-likeness (QED) is 0.916. The number of nitrogens with two attached hydrogens (primary N) is 1. The van der Waals surface area contributed by atoms with Gasteiger partial charge in [-0.05, 0) is 37.3 Å². The molecule has 2 atom stereocenters. The Hall–Kier alpha value is -1.27. The van der Waals surface area contributed by atoms with E-state index in [1.807, 2.05) is 0 Å². The summed E-state index contributed by atoms with van der Waals surface area (Å²) in [4.78, 5) is 0.304. The summed E-state index contributed by atoms with van der Waals surface area (Å²) in [6.07, 6.45) is 3.79. The van der Waals surface area contributed by atoms with Crippen LogP contribution >= 0.6 is 0 Å². The fraction of sp³-hybridized carbons (Fsp3) is 0.600. The van der Waals surface area contributed by atoms with E-state index in [-0.39, 0.29) is 11.8 Å². The van der Waals surface area contributed by atoms with Crippen molar-refractivity contribution in [3.05, 3.63) is 18.2 Å². The van der Waals surface area contributed by atoms with Gasteiger partial charge in [0.2, 0.25) is 0 Å². The molecule has 1 aliphatic heterocycles. The van der Waals surface area contributed by atoms with Crippen LogP contribution in [-0.2, 0) is 9.84 Å². The van der Waals surface area contributed by atoms with Gasteiger partial charge in [-0.2, -0.15) is 0 Å². The Balaban J connectivity index is 1.72. The van der Waals surface area contributed by atoms with Crippen LogP contribution in [0.5, 0.6) is 11.5 Å². The SMILES string of the molecule is NC1CCCC1CCS(=O)(=O)c1ccc2c(c1)OCCO2. The normalized spacial score (nSPS) is 25.0. The molecular formula is C15H21NO4S. The molecule has 0 aromatic heterocycles. The molecular weight excluding hydrogens is 290 g/mol. The predicted octanol–water partition coefficient (Wildman–Crippen LogP) is 1.75. The number of fused-ring (bicyclic) bond motifs is 1. The third kappa shape index (κ3) is 3.16. The van der Waals surface area contributed by atoms with E-state index < -0.39 is 9.84 Å². The Morgan fingerprint density at radius 1 is 1.14 bits per heavy atom. The zero-order valence-corrected chi connectivity index (χ0v) is 12.8.